The van der Waals surface area contributed by atoms with Crippen LogP contribution in [0.25, 0.3) is 22.3 Å². The van der Waals surface area contributed by atoms with E-state index < -0.39 is 5.60 Å². The summed E-state index contributed by atoms with van der Waals surface area (Å²) in [5, 5.41) is 4.60. The molecule has 1 amide bonds. The predicted octanol–water partition coefficient (Wildman–Crippen LogP) is 5.56. The largest absolute Gasteiger partial charge is 0.444 e. The van der Waals surface area contributed by atoms with E-state index in [1.54, 1.807) is 11.1 Å². The first-order chi connectivity index (χ1) is 17.8. The van der Waals surface area contributed by atoms with Gasteiger partial charge in [-0.25, -0.2) is 14.8 Å². The molecule has 0 radical (unpaired) electrons. The normalized spacial score (nSPS) is 14.5. The van der Waals surface area contributed by atoms with Crippen molar-refractivity contribution in [3.8, 4) is 22.3 Å². The summed E-state index contributed by atoms with van der Waals surface area (Å²) in [5.74, 6) is 0.772. The van der Waals surface area contributed by atoms with Crippen LogP contribution in [0.15, 0.2) is 73.6 Å². The van der Waals surface area contributed by atoms with Crippen molar-refractivity contribution in [3.63, 3.8) is 0 Å². The highest BCUT2D eigenvalue weighted by Crippen LogP contribution is 2.26. The van der Waals surface area contributed by atoms with E-state index >= 15 is 0 Å². The Kier molecular flexibility index (Phi) is 6.99. The zero-order valence-corrected chi connectivity index (χ0v) is 21.5. The topological polar surface area (TPSA) is 86.0 Å². The highest BCUT2D eigenvalue weighted by molar-refractivity contribution is 5.68. The number of pyridine rings is 1. The third kappa shape index (κ3) is 6.20. The molecule has 190 valence electrons. The number of carbonyl (C=O) groups is 1. The second-order valence-electron chi connectivity index (χ2n) is 10.4. The van der Waals surface area contributed by atoms with E-state index in [4.69, 9.17) is 4.74 Å². The highest BCUT2D eigenvalue weighted by Gasteiger charge is 2.28. The Morgan fingerprint density at radius 1 is 0.946 bits per heavy atom. The zero-order chi connectivity index (χ0) is 25.8. The second-order valence-corrected chi connectivity index (χ2v) is 10.4. The van der Waals surface area contributed by atoms with Gasteiger partial charge in [0.15, 0.2) is 0 Å². The molecule has 0 bridgehead atoms. The van der Waals surface area contributed by atoms with Crippen molar-refractivity contribution in [2.45, 2.75) is 51.7 Å². The molecule has 37 heavy (non-hydrogen) atoms. The van der Waals surface area contributed by atoms with Crippen LogP contribution in [-0.4, -0.2) is 54.4 Å². The smallest absolute Gasteiger partial charge is 0.410 e. The Morgan fingerprint density at radius 2 is 1.70 bits per heavy atom. The van der Waals surface area contributed by atoms with Crippen LogP contribution >= 0.6 is 0 Å². The van der Waals surface area contributed by atoms with Crippen LogP contribution < -0.4 is 0 Å². The third-order valence-corrected chi connectivity index (χ3v) is 6.41. The number of nitrogens with zero attached hydrogens (tertiary/aromatic N) is 6. The molecule has 4 heterocycles. The van der Waals surface area contributed by atoms with E-state index in [-0.39, 0.29) is 12.1 Å². The molecule has 0 saturated carbocycles. The molecule has 0 atom stereocenters. The molecule has 1 saturated heterocycles. The first kappa shape index (κ1) is 24.6. The number of hydrogen-bond donors (Lipinski definition) is 0. The van der Waals surface area contributed by atoms with Gasteiger partial charge in [0.1, 0.15) is 11.4 Å². The number of rotatable bonds is 5. The van der Waals surface area contributed by atoms with Crippen LogP contribution in [0.2, 0.25) is 0 Å². The third-order valence-electron chi connectivity index (χ3n) is 6.41. The van der Waals surface area contributed by atoms with E-state index in [1.807, 2.05) is 62.5 Å². The molecular formula is C29H32N6O2. The first-order valence-corrected chi connectivity index (χ1v) is 12.7. The van der Waals surface area contributed by atoms with Gasteiger partial charge in [0, 0.05) is 61.6 Å². The Hall–Kier alpha value is -4.07. The molecule has 1 aromatic carbocycles. The quantitative estimate of drug-likeness (QED) is 0.359. The summed E-state index contributed by atoms with van der Waals surface area (Å²) >= 11 is 0. The summed E-state index contributed by atoms with van der Waals surface area (Å²) in [5.41, 5.74) is 4.82. The average Bonchev–Trinajstić information content (AvgIpc) is 3.39. The van der Waals surface area contributed by atoms with Gasteiger partial charge in [0.05, 0.1) is 12.2 Å². The Balaban J connectivity index is 1.19. The van der Waals surface area contributed by atoms with Crippen molar-refractivity contribution < 1.29 is 9.53 Å². The van der Waals surface area contributed by atoms with Gasteiger partial charge in [0.25, 0.3) is 0 Å². The molecule has 8 nitrogen and oxygen atoms in total. The number of benzene rings is 1. The highest BCUT2D eigenvalue weighted by atomic mass is 16.6. The fourth-order valence-corrected chi connectivity index (χ4v) is 4.50. The fraction of sp³-hybridized carbons (Fsp3) is 0.345. The molecule has 1 aliphatic rings. The molecule has 1 aliphatic heterocycles. The minimum atomic E-state index is -0.480. The van der Waals surface area contributed by atoms with Crippen molar-refractivity contribution in [1.29, 1.82) is 0 Å². The molecule has 3 aromatic heterocycles. The lowest BCUT2D eigenvalue weighted by Crippen LogP contribution is -2.42. The maximum Gasteiger partial charge on any atom is 0.410 e. The molecule has 5 rings (SSSR count). The second kappa shape index (κ2) is 10.5. The summed E-state index contributed by atoms with van der Waals surface area (Å²) in [4.78, 5) is 27.6. The van der Waals surface area contributed by atoms with E-state index in [9.17, 15) is 4.79 Å². The number of hydrogen-bond acceptors (Lipinski definition) is 6. The van der Waals surface area contributed by atoms with Gasteiger partial charge in [-0.2, -0.15) is 5.10 Å². The van der Waals surface area contributed by atoms with Crippen LogP contribution in [0.4, 0.5) is 4.79 Å². The standard InChI is InChI=1S/C29H32N6O2/c1-29(2,3)37-28(36)34-12-9-26(10-13-34)35-20-25(19-33-35)24-17-31-27(32-18-24)15-21-6-4-7-22(14-21)23-8-5-11-30-16-23/h4-8,11,14,16-20,26H,9-10,12-13,15H2,1-3H3. The SMILES string of the molecule is CC(C)(C)OC(=O)N1CCC(n2cc(-c3cnc(Cc4cccc(-c5cccnc5)c4)nc3)cn2)CC1. The molecule has 0 aliphatic carbocycles. The van der Waals surface area contributed by atoms with Crippen LogP contribution in [0, 0.1) is 0 Å². The minimum Gasteiger partial charge on any atom is -0.444 e. The summed E-state index contributed by atoms with van der Waals surface area (Å²) in [6.07, 6.45) is 13.4. The van der Waals surface area contributed by atoms with Crippen molar-refractivity contribution in [3.05, 3.63) is 85.0 Å². The molecule has 1 fully saturated rings. The number of amides is 1. The number of ether oxygens (including phenoxy) is 1. The van der Waals surface area contributed by atoms with Crippen LogP contribution in [0.1, 0.15) is 51.0 Å². The lowest BCUT2D eigenvalue weighted by Gasteiger charge is -2.33. The van der Waals surface area contributed by atoms with Gasteiger partial charge in [-0.3, -0.25) is 9.67 Å². The van der Waals surface area contributed by atoms with Gasteiger partial charge < -0.3 is 9.64 Å². The van der Waals surface area contributed by atoms with Gasteiger partial charge in [0.2, 0.25) is 0 Å². The van der Waals surface area contributed by atoms with E-state index in [0.717, 1.165) is 46.5 Å². The minimum absolute atomic E-state index is 0.242. The number of carbonyl (C=O) groups excluding carboxylic acids is 1. The molecule has 4 aromatic rings. The summed E-state index contributed by atoms with van der Waals surface area (Å²) in [6.45, 7) is 6.99. The van der Waals surface area contributed by atoms with Crippen LogP contribution in [0.5, 0.6) is 0 Å². The zero-order valence-electron chi connectivity index (χ0n) is 21.5. The van der Waals surface area contributed by atoms with Crippen LogP contribution in [-0.2, 0) is 11.2 Å². The maximum absolute atomic E-state index is 12.3. The lowest BCUT2D eigenvalue weighted by molar-refractivity contribution is 0.0185. The van der Waals surface area contributed by atoms with E-state index in [2.05, 4.69) is 50.4 Å². The van der Waals surface area contributed by atoms with Gasteiger partial charge in [-0.1, -0.05) is 30.3 Å². The summed E-state index contributed by atoms with van der Waals surface area (Å²) < 4.78 is 7.50. The van der Waals surface area contributed by atoms with E-state index in [0.29, 0.717) is 19.5 Å². The predicted molar refractivity (Wildman–Crippen MR) is 142 cm³/mol. The number of aromatic nitrogens is 5. The Labute approximate surface area is 217 Å². The number of piperidine rings is 1. The number of likely N-dealkylation sites (tertiary alicyclic amines) is 1. The monoisotopic (exact) mass is 496 g/mol. The Bertz CT molecular complexity index is 1340. The maximum atomic E-state index is 12.3. The fourth-order valence-electron chi connectivity index (χ4n) is 4.50. The van der Waals surface area contributed by atoms with Gasteiger partial charge in [-0.15, -0.1) is 0 Å². The van der Waals surface area contributed by atoms with Crippen molar-refractivity contribution in [2.75, 3.05) is 13.1 Å². The van der Waals surface area contributed by atoms with Crippen molar-refractivity contribution in [2.24, 2.45) is 0 Å². The summed E-state index contributed by atoms with van der Waals surface area (Å²) in [7, 11) is 0. The molecule has 8 heteroatoms. The van der Waals surface area contributed by atoms with E-state index in [1.165, 1.54) is 0 Å². The van der Waals surface area contributed by atoms with Crippen molar-refractivity contribution >= 4 is 6.09 Å². The van der Waals surface area contributed by atoms with Crippen LogP contribution in [0.3, 0.4) is 0 Å². The Morgan fingerprint density at radius 3 is 2.41 bits per heavy atom. The van der Waals surface area contributed by atoms with Gasteiger partial charge >= 0.3 is 6.09 Å². The molecule has 0 unspecified atom stereocenters. The van der Waals surface area contributed by atoms with Gasteiger partial charge in [-0.05, 0) is 56.4 Å². The molecule has 0 spiro atoms. The molecule has 0 N–H and O–H groups in total. The first-order valence-electron chi connectivity index (χ1n) is 12.7. The van der Waals surface area contributed by atoms with Crippen molar-refractivity contribution in [1.82, 2.24) is 29.6 Å². The lowest BCUT2D eigenvalue weighted by atomic mass is 10.0. The average molecular weight is 497 g/mol. The molecular weight excluding hydrogens is 464 g/mol. The summed E-state index contributed by atoms with van der Waals surface area (Å²) in [6, 6.07) is 12.6.